The molecule has 0 radical (unpaired) electrons. The molecule has 4 rings (SSSR count). The minimum Gasteiger partial charge on any atom is -0.387 e. The Bertz CT molecular complexity index is 607. The number of rotatable bonds is 0. The van der Waals surface area contributed by atoms with Gasteiger partial charge in [-0.15, -0.1) is 0 Å². The predicted octanol–water partition coefficient (Wildman–Crippen LogP) is 1.69. The molecule has 3 heteroatoms. The molecule has 1 heterocycles. The number of hydrogen-bond donors (Lipinski definition) is 2. The fourth-order valence-corrected chi connectivity index (χ4v) is 2.87. The Hall–Kier alpha value is -1.42. The fraction of sp³-hybridized carbons (Fsp3) is 0.286. The van der Waals surface area contributed by atoms with Crippen LogP contribution in [0.3, 0.4) is 0 Å². The Balaban J connectivity index is 2.05. The highest BCUT2D eigenvalue weighted by atomic mass is 16.6. The van der Waals surface area contributed by atoms with Gasteiger partial charge in [-0.25, -0.2) is 0 Å². The van der Waals surface area contributed by atoms with Gasteiger partial charge in [-0.2, -0.15) is 0 Å². The summed E-state index contributed by atoms with van der Waals surface area (Å²) in [5.74, 6) is 0. The lowest BCUT2D eigenvalue weighted by atomic mass is 9.84. The van der Waals surface area contributed by atoms with Gasteiger partial charge in [-0.05, 0) is 21.9 Å². The molecule has 0 aromatic heterocycles. The molecule has 2 aromatic carbocycles. The zero-order valence-corrected chi connectivity index (χ0v) is 9.08. The molecule has 2 aliphatic rings. The molecule has 1 aliphatic heterocycles. The average molecular weight is 228 g/mol. The van der Waals surface area contributed by atoms with Gasteiger partial charge in [0.1, 0.15) is 24.4 Å². The van der Waals surface area contributed by atoms with Gasteiger partial charge in [0.25, 0.3) is 0 Å². The molecule has 1 aliphatic carbocycles. The van der Waals surface area contributed by atoms with Crippen LogP contribution < -0.4 is 0 Å². The van der Waals surface area contributed by atoms with Gasteiger partial charge < -0.3 is 14.9 Å². The molecule has 2 aromatic rings. The molecular formula is C14H12O3. The van der Waals surface area contributed by atoms with Gasteiger partial charge in [0.2, 0.25) is 0 Å². The predicted molar refractivity (Wildman–Crippen MR) is 62.5 cm³/mol. The second-order valence-corrected chi connectivity index (χ2v) is 4.75. The quantitative estimate of drug-likeness (QED) is 0.675. The Kier molecular flexibility index (Phi) is 1.73. The van der Waals surface area contributed by atoms with Crippen molar-refractivity contribution in [1.29, 1.82) is 0 Å². The highest BCUT2D eigenvalue weighted by Gasteiger charge is 2.54. The van der Waals surface area contributed by atoms with E-state index < -0.39 is 12.2 Å². The minimum atomic E-state index is -0.835. The molecule has 0 bridgehead atoms. The van der Waals surface area contributed by atoms with Gasteiger partial charge in [-0.3, -0.25) is 0 Å². The van der Waals surface area contributed by atoms with E-state index in [4.69, 9.17) is 4.74 Å². The highest BCUT2D eigenvalue weighted by molar-refractivity contribution is 5.88. The van der Waals surface area contributed by atoms with E-state index in [1.807, 2.05) is 36.4 Å². The molecule has 1 fully saturated rings. The maximum atomic E-state index is 10.1. The molecule has 4 atom stereocenters. The fourth-order valence-electron chi connectivity index (χ4n) is 2.87. The molecule has 0 amide bonds. The van der Waals surface area contributed by atoms with Crippen molar-refractivity contribution in [2.45, 2.75) is 24.4 Å². The van der Waals surface area contributed by atoms with E-state index in [1.54, 1.807) is 0 Å². The number of epoxide rings is 1. The number of aliphatic hydroxyl groups excluding tert-OH is 2. The SMILES string of the molecule is O[C@H]1[C@@H]2O[C@@H]2c2c(ccc3ccccc23)[C@@H]1O. The van der Waals surface area contributed by atoms with Crippen molar-refractivity contribution in [2.75, 3.05) is 0 Å². The molecule has 0 unspecified atom stereocenters. The third kappa shape index (κ3) is 1.16. The lowest BCUT2D eigenvalue weighted by molar-refractivity contribution is 0.000105. The number of benzene rings is 2. The number of hydrogen-bond acceptors (Lipinski definition) is 3. The summed E-state index contributed by atoms with van der Waals surface area (Å²) in [6.45, 7) is 0. The Morgan fingerprint density at radius 2 is 1.82 bits per heavy atom. The Morgan fingerprint density at radius 1 is 1.00 bits per heavy atom. The van der Waals surface area contributed by atoms with Crippen LogP contribution in [0.4, 0.5) is 0 Å². The van der Waals surface area contributed by atoms with Crippen LogP contribution in [0.15, 0.2) is 36.4 Å². The zero-order valence-electron chi connectivity index (χ0n) is 9.08. The highest BCUT2D eigenvalue weighted by Crippen LogP contribution is 2.52. The summed E-state index contributed by atoms with van der Waals surface area (Å²) >= 11 is 0. The van der Waals surface area contributed by atoms with E-state index in [9.17, 15) is 10.2 Å². The summed E-state index contributed by atoms with van der Waals surface area (Å²) in [4.78, 5) is 0. The normalized spacial score (nSPS) is 34.2. The Morgan fingerprint density at radius 3 is 2.71 bits per heavy atom. The lowest BCUT2D eigenvalue weighted by Crippen LogP contribution is -2.29. The summed E-state index contributed by atoms with van der Waals surface area (Å²) in [5.41, 5.74) is 1.85. The van der Waals surface area contributed by atoms with Gasteiger partial charge in [0, 0.05) is 0 Å². The van der Waals surface area contributed by atoms with Crippen LogP contribution in [0.2, 0.25) is 0 Å². The standard InChI is InChI=1S/C14H12O3/c15-11-9-6-5-7-3-1-2-4-8(7)10(9)13-14(17-13)12(11)16/h1-6,11-16H/t11-,12+,13+,14-/m0/s1. The second-order valence-electron chi connectivity index (χ2n) is 4.75. The van der Waals surface area contributed by atoms with Crippen molar-refractivity contribution >= 4 is 10.8 Å². The molecule has 2 N–H and O–H groups in total. The number of aliphatic hydroxyl groups is 2. The molecule has 3 nitrogen and oxygen atoms in total. The Labute approximate surface area is 98.3 Å². The lowest BCUT2D eigenvalue weighted by Gasteiger charge is -2.24. The van der Waals surface area contributed by atoms with E-state index in [0.717, 1.165) is 21.9 Å². The van der Waals surface area contributed by atoms with Crippen molar-refractivity contribution in [3.63, 3.8) is 0 Å². The van der Waals surface area contributed by atoms with E-state index >= 15 is 0 Å². The van der Waals surface area contributed by atoms with E-state index in [-0.39, 0.29) is 12.2 Å². The van der Waals surface area contributed by atoms with Crippen LogP contribution in [-0.4, -0.2) is 22.4 Å². The molecule has 86 valence electrons. The average Bonchev–Trinajstić information content (AvgIpc) is 3.15. The summed E-state index contributed by atoms with van der Waals surface area (Å²) in [7, 11) is 0. The summed E-state index contributed by atoms with van der Waals surface area (Å²) in [6.07, 6.45) is -1.91. The smallest absolute Gasteiger partial charge is 0.118 e. The van der Waals surface area contributed by atoms with Gasteiger partial charge in [0.05, 0.1) is 0 Å². The molecule has 1 saturated heterocycles. The number of ether oxygens (including phenoxy) is 1. The largest absolute Gasteiger partial charge is 0.387 e. The van der Waals surface area contributed by atoms with Crippen molar-refractivity contribution in [1.82, 2.24) is 0 Å². The maximum Gasteiger partial charge on any atom is 0.118 e. The van der Waals surface area contributed by atoms with Crippen LogP contribution >= 0.6 is 0 Å². The summed E-state index contributed by atoms with van der Waals surface area (Å²) in [6, 6.07) is 11.9. The zero-order chi connectivity index (χ0) is 11.6. The molecule has 0 saturated carbocycles. The van der Waals surface area contributed by atoms with Gasteiger partial charge in [-0.1, -0.05) is 36.4 Å². The first kappa shape index (κ1) is 9.59. The van der Waals surface area contributed by atoms with Crippen LogP contribution in [0.1, 0.15) is 23.3 Å². The van der Waals surface area contributed by atoms with E-state index in [1.165, 1.54) is 0 Å². The second kappa shape index (κ2) is 3.07. The molecular weight excluding hydrogens is 216 g/mol. The first-order chi connectivity index (χ1) is 8.27. The third-order valence-corrected chi connectivity index (χ3v) is 3.79. The molecule has 0 spiro atoms. The molecule has 17 heavy (non-hydrogen) atoms. The first-order valence-corrected chi connectivity index (χ1v) is 5.80. The third-order valence-electron chi connectivity index (χ3n) is 3.79. The summed E-state index contributed by atoms with van der Waals surface area (Å²) in [5, 5.41) is 22.1. The van der Waals surface area contributed by atoms with Crippen molar-refractivity contribution in [2.24, 2.45) is 0 Å². The van der Waals surface area contributed by atoms with Crippen molar-refractivity contribution in [3.05, 3.63) is 47.5 Å². The maximum absolute atomic E-state index is 10.1. The monoisotopic (exact) mass is 228 g/mol. The van der Waals surface area contributed by atoms with Crippen molar-refractivity contribution < 1.29 is 14.9 Å². The van der Waals surface area contributed by atoms with E-state index in [0.29, 0.717) is 0 Å². The van der Waals surface area contributed by atoms with Crippen molar-refractivity contribution in [3.8, 4) is 0 Å². The van der Waals surface area contributed by atoms with Crippen LogP contribution in [-0.2, 0) is 4.74 Å². The van der Waals surface area contributed by atoms with Gasteiger partial charge >= 0.3 is 0 Å². The van der Waals surface area contributed by atoms with Crippen LogP contribution in [0.5, 0.6) is 0 Å². The van der Waals surface area contributed by atoms with Crippen LogP contribution in [0.25, 0.3) is 10.8 Å². The minimum absolute atomic E-state index is 0.0468. The van der Waals surface area contributed by atoms with Crippen LogP contribution in [0, 0.1) is 0 Å². The summed E-state index contributed by atoms with van der Waals surface area (Å²) < 4.78 is 5.49. The van der Waals surface area contributed by atoms with E-state index in [2.05, 4.69) is 0 Å². The number of fused-ring (bicyclic) bond motifs is 5. The van der Waals surface area contributed by atoms with Gasteiger partial charge in [0.15, 0.2) is 0 Å². The topological polar surface area (TPSA) is 53.0 Å². The first-order valence-electron chi connectivity index (χ1n) is 5.80.